The van der Waals surface area contributed by atoms with E-state index in [0.717, 1.165) is 5.56 Å². The molecule has 0 aromatic heterocycles. The van der Waals surface area contributed by atoms with Crippen LogP contribution in [-0.2, 0) is 20.9 Å². The van der Waals surface area contributed by atoms with Crippen molar-refractivity contribution >= 4 is 23.9 Å². The molecule has 4 heteroatoms. The van der Waals surface area contributed by atoms with Crippen LogP contribution in [-0.4, -0.2) is 17.6 Å². The summed E-state index contributed by atoms with van der Waals surface area (Å²) in [7, 11) is 0. The van der Waals surface area contributed by atoms with Gasteiger partial charge in [0.1, 0.15) is 12.9 Å². The fourth-order valence-electron chi connectivity index (χ4n) is 0.864. The maximum absolute atomic E-state index is 11.0. The molecule has 0 aliphatic carbocycles. The molecule has 74 valence electrons. The van der Waals surface area contributed by atoms with Crippen molar-refractivity contribution in [2.75, 3.05) is 0 Å². The van der Waals surface area contributed by atoms with Crippen LogP contribution in [0.5, 0.6) is 0 Å². The lowest BCUT2D eigenvalue weighted by Crippen LogP contribution is -2.18. The number of benzene rings is 1. The largest absolute Gasteiger partial charge is 0.459 e. The fraction of sp³-hybridized carbons (Fsp3) is 0.200. The number of esters is 1. The van der Waals surface area contributed by atoms with E-state index in [1.54, 1.807) is 0 Å². The van der Waals surface area contributed by atoms with Gasteiger partial charge in [-0.15, -0.1) is 11.6 Å². The minimum atomic E-state index is -1.21. The highest BCUT2D eigenvalue weighted by atomic mass is 35.5. The van der Waals surface area contributed by atoms with Crippen molar-refractivity contribution in [2.24, 2.45) is 0 Å². The first kappa shape index (κ1) is 10.7. The Balaban J connectivity index is 2.42. The van der Waals surface area contributed by atoms with Gasteiger partial charge in [-0.25, -0.2) is 4.79 Å². The zero-order chi connectivity index (χ0) is 10.4. The number of rotatable bonds is 4. The van der Waals surface area contributed by atoms with Crippen LogP contribution in [0, 0.1) is 0 Å². The Labute approximate surface area is 86.6 Å². The molecular formula is C10H9ClO3. The van der Waals surface area contributed by atoms with Gasteiger partial charge < -0.3 is 9.53 Å². The molecular weight excluding hydrogens is 204 g/mol. The smallest absolute Gasteiger partial charge is 0.331 e. The Morgan fingerprint density at radius 2 is 2.07 bits per heavy atom. The second kappa shape index (κ2) is 5.40. The van der Waals surface area contributed by atoms with Gasteiger partial charge in [0.15, 0.2) is 5.38 Å². The summed E-state index contributed by atoms with van der Waals surface area (Å²) in [5, 5.41) is -1.21. The van der Waals surface area contributed by atoms with Gasteiger partial charge in [-0.3, -0.25) is 0 Å². The van der Waals surface area contributed by atoms with E-state index in [0.29, 0.717) is 6.29 Å². The van der Waals surface area contributed by atoms with Crippen molar-refractivity contribution < 1.29 is 14.3 Å². The normalized spacial score (nSPS) is 11.8. The van der Waals surface area contributed by atoms with E-state index in [9.17, 15) is 9.59 Å². The molecule has 0 bridgehead atoms. The number of carbonyl (C=O) groups excluding carboxylic acids is 2. The Kier molecular flexibility index (Phi) is 4.13. The van der Waals surface area contributed by atoms with Crippen LogP contribution in [0.2, 0.25) is 0 Å². The SMILES string of the molecule is O=CC(Cl)C(=O)OCc1ccccc1. The zero-order valence-corrected chi connectivity index (χ0v) is 8.11. The maximum Gasteiger partial charge on any atom is 0.331 e. The Bertz CT molecular complexity index is 310. The van der Waals surface area contributed by atoms with Crippen LogP contribution in [0.3, 0.4) is 0 Å². The number of hydrogen-bond donors (Lipinski definition) is 0. The molecule has 0 fully saturated rings. The van der Waals surface area contributed by atoms with Crippen LogP contribution < -0.4 is 0 Å². The molecule has 1 rings (SSSR count). The lowest BCUT2D eigenvalue weighted by Gasteiger charge is -2.04. The van der Waals surface area contributed by atoms with Crippen molar-refractivity contribution in [1.29, 1.82) is 0 Å². The molecule has 1 unspecified atom stereocenters. The van der Waals surface area contributed by atoms with Crippen LogP contribution in [0.4, 0.5) is 0 Å². The van der Waals surface area contributed by atoms with Gasteiger partial charge in [0, 0.05) is 0 Å². The van der Waals surface area contributed by atoms with Crippen molar-refractivity contribution in [3.05, 3.63) is 35.9 Å². The summed E-state index contributed by atoms with van der Waals surface area (Å²) in [6.45, 7) is 0.136. The molecule has 14 heavy (non-hydrogen) atoms. The summed E-state index contributed by atoms with van der Waals surface area (Å²) >= 11 is 5.34. The van der Waals surface area contributed by atoms with E-state index in [-0.39, 0.29) is 6.61 Å². The molecule has 1 aromatic carbocycles. The molecule has 0 radical (unpaired) electrons. The first-order valence-electron chi connectivity index (χ1n) is 4.04. The van der Waals surface area contributed by atoms with Crippen LogP contribution >= 0.6 is 11.6 Å². The molecule has 1 atom stereocenters. The summed E-state index contributed by atoms with van der Waals surface area (Å²) in [5.41, 5.74) is 0.857. The van der Waals surface area contributed by atoms with E-state index in [2.05, 4.69) is 0 Å². The number of aldehydes is 1. The number of halogens is 1. The second-order valence-corrected chi connectivity index (χ2v) is 3.10. The van der Waals surface area contributed by atoms with E-state index in [1.165, 1.54) is 0 Å². The third kappa shape index (κ3) is 3.18. The predicted octanol–water partition coefficient (Wildman–Crippen LogP) is 1.54. The minimum Gasteiger partial charge on any atom is -0.459 e. The molecule has 0 aliphatic heterocycles. The van der Waals surface area contributed by atoms with E-state index < -0.39 is 11.3 Å². The topological polar surface area (TPSA) is 43.4 Å². The van der Waals surface area contributed by atoms with Crippen molar-refractivity contribution in [1.82, 2.24) is 0 Å². The Morgan fingerprint density at radius 1 is 1.43 bits per heavy atom. The van der Waals surface area contributed by atoms with Crippen molar-refractivity contribution in [3.8, 4) is 0 Å². The van der Waals surface area contributed by atoms with Gasteiger partial charge in [0.2, 0.25) is 0 Å². The van der Waals surface area contributed by atoms with Gasteiger partial charge >= 0.3 is 5.97 Å². The third-order valence-corrected chi connectivity index (χ3v) is 1.85. The van der Waals surface area contributed by atoms with Gasteiger partial charge in [0.05, 0.1) is 0 Å². The van der Waals surface area contributed by atoms with E-state index >= 15 is 0 Å². The van der Waals surface area contributed by atoms with Crippen molar-refractivity contribution in [3.63, 3.8) is 0 Å². The summed E-state index contributed by atoms with van der Waals surface area (Å²) < 4.78 is 4.78. The quantitative estimate of drug-likeness (QED) is 0.329. The van der Waals surface area contributed by atoms with E-state index in [4.69, 9.17) is 16.3 Å². The summed E-state index contributed by atoms with van der Waals surface area (Å²) in [6.07, 6.45) is 0.342. The maximum atomic E-state index is 11.0. The monoisotopic (exact) mass is 212 g/mol. The average Bonchev–Trinajstić information content (AvgIpc) is 2.26. The fourth-order valence-corrected chi connectivity index (χ4v) is 0.927. The van der Waals surface area contributed by atoms with Crippen LogP contribution in [0.25, 0.3) is 0 Å². The molecule has 0 aliphatic rings. The molecule has 1 aromatic rings. The second-order valence-electron chi connectivity index (χ2n) is 2.63. The lowest BCUT2D eigenvalue weighted by molar-refractivity contribution is -0.145. The highest BCUT2D eigenvalue weighted by Crippen LogP contribution is 2.03. The molecule has 3 nitrogen and oxygen atoms in total. The Morgan fingerprint density at radius 3 is 2.64 bits per heavy atom. The number of carbonyl (C=O) groups is 2. The lowest BCUT2D eigenvalue weighted by atomic mass is 10.2. The van der Waals surface area contributed by atoms with Gasteiger partial charge in [-0.05, 0) is 5.56 Å². The molecule has 0 heterocycles. The standard InChI is InChI=1S/C10H9ClO3/c11-9(6-12)10(13)14-7-8-4-2-1-3-5-8/h1-6,9H,7H2. The number of ether oxygens (including phenoxy) is 1. The first-order valence-corrected chi connectivity index (χ1v) is 4.47. The molecule has 0 amide bonds. The highest BCUT2D eigenvalue weighted by molar-refractivity contribution is 6.37. The Hall–Kier alpha value is -1.35. The zero-order valence-electron chi connectivity index (χ0n) is 7.35. The van der Waals surface area contributed by atoms with E-state index in [1.807, 2.05) is 30.3 Å². The van der Waals surface area contributed by atoms with Crippen LogP contribution in [0.15, 0.2) is 30.3 Å². The molecule has 0 saturated carbocycles. The summed E-state index contributed by atoms with van der Waals surface area (Å²) in [5.74, 6) is -0.717. The number of hydrogen-bond acceptors (Lipinski definition) is 3. The molecule has 0 spiro atoms. The summed E-state index contributed by atoms with van der Waals surface area (Å²) in [4.78, 5) is 21.1. The minimum absolute atomic E-state index is 0.136. The first-order chi connectivity index (χ1) is 6.74. The average molecular weight is 213 g/mol. The summed E-state index contributed by atoms with van der Waals surface area (Å²) in [6, 6.07) is 9.16. The van der Waals surface area contributed by atoms with Gasteiger partial charge in [-0.2, -0.15) is 0 Å². The van der Waals surface area contributed by atoms with Gasteiger partial charge in [-0.1, -0.05) is 30.3 Å². The van der Waals surface area contributed by atoms with Gasteiger partial charge in [0.25, 0.3) is 0 Å². The predicted molar refractivity (Wildman–Crippen MR) is 51.9 cm³/mol. The highest BCUT2D eigenvalue weighted by Gasteiger charge is 2.15. The third-order valence-electron chi connectivity index (χ3n) is 1.57. The molecule has 0 N–H and O–H groups in total. The number of alkyl halides is 1. The molecule has 0 saturated heterocycles. The van der Waals surface area contributed by atoms with Crippen molar-refractivity contribution in [2.45, 2.75) is 12.0 Å². The van der Waals surface area contributed by atoms with Crippen LogP contribution in [0.1, 0.15) is 5.56 Å².